The van der Waals surface area contributed by atoms with Gasteiger partial charge in [-0.25, -0.2) is 0 Å². The minimum Gasteiger partial charge on any atom is -0.480 e. The van der Waals surface area contributed by atoms with E-state index >= 15 is 0 Å². The largest absolute Gasteiger partial charge is 0.480 e. The molecule has 10 atom stereocenters. The minimum atomic E-state index is -1.68. The van der Waals surface area contributed by atoms with E-state index in [4.69, 9.17) is 17.2 Å². The molecule has 0 spiro atoms. The number of guanidine groups is 1. The molecule has 19 N–H and O–H groups in total. The van der Waals surface area contributed by atoms with Gasteiger partial charge >= 0.3 is 5.97 Å². The zero-order chi connectivity index (χ0) is 58.7. The third-order valence-electron chi connectivity index (χ3n) is 12.1. The Kier molecular flexibility index (Phi) is 30.3. The molecular weight excluding hydrogens is 1010 g/mol. The number of nitrogens with zero attached hydrogens (tertiary/aromatic N) is 2. The first kappa shape index (κ1) is 67.8. The van der Waals surface area contributed by atoms with Gasteiger partial charge < -0.3 is 90.6 Å². The van der Waals surface area contributed by atoms with Crippen molar-refractivity contribution < 1.29 is 72.9 Å². The SMILES string of the molecule is CCC(C)C(NC(=O)C(CO)NC(=O)C(CCCN=C(N)N)NC(=O)C(CC(C)C)NC(=O)C(CC(C)C)NC(=O)C(C)NC(=O)C(CO)NC(=O)CNC(=O)CNC(=O)CN)C(=O)N1CCCC1C(=O)NC(C)C(=O)O. The summed E-state index contributed by atoms with van der Waals surface area (Å²) < 4.78 is 0. The number of rotatable bonds is 34. The molecule has 0 aliphatic carbocycles. The first-order valence-electron chi connectivity index (χ1n) is 25.6. The Hall–Kier alpha value is -7.21. The summed E-state index contributed by atoms with van der Waals surface area (Å²) in [4.78, 5) is 162. The predicted octanol–water partition coefficient (Wildman–Crippen LogP) is -6.65. The number of hydrogen-bond acceptors (Lipinski definition) is 16. The Morgan fingerprint density at radius 1 is 0.597 bits per heavy atom. The molecule has 0 saturated carbocycles. The minimum absolute atomic E-state index is 0.00505. The molecule has 1 saturated heterocycles. The fraction of sp³-hybridized carbons (Fsp3) is 0.723. The molecule has 436 valence electrons. The standard InChI is InChI=1S/C47H83N15O15/c1-9-25(6)37(45(75)62-15-11-13-33(62)44(74)55-27(8)46(76)77)61-43(73)32(22-64)60-39(69)28(12-10-14-51-47(49)50)57-40(70)30(17-24(4)5)59-41(71)29(16-23(2)3)58-38(68)26(7)54-42(72)31(21-63)56-36(67)20-53-35(66)19-52-34(65)18-48/h23-33,37,63-64H,9-22,48H2,1-8H3,(H,52,65)(H,53,66)(H,54,72)(H,55,74)(H,56,67)(H,57,70)(H,58,68)(H,59,71)(H,60,69)(H,61,73)(H,76,77)(H4,49,50,51). The van der Waals surface area contributed by atoms with Crippen molar-refractivity contribution in [2.45, 2.75) is 155 Å². The van der Waals surface area contributed by atoms with Crippen LogP contribution in [0.4, 0.5) is 0 Å². The molecule has 0 aromatic heterocycles. The first-order valence-corrected chi connectivity index (χ1v) is 25.6. The molecule has 1 aliphatic rings. The van der Waals surface area contributed by atoms with Gasteiger partial charge in [0.15, 0.2) is 5.96 Å². The van der Waals surface area contributed by atoms with Crippen LogP contribution in [-0.4, -0.2) is 197 Å². The van der Waals surface area contributed by atoms with Crippen LogP contribution in [0.15, 0.2) is 4.99 Å². The summed E-state index contributed by atoms with van der Waals surface area (Å²) in [5.41, 5.74) is 16.1. The zero-order valence-corrected chi connectivity index (χ0v) is 45.2. The van der Waals surface area contributed by atoms with E-state index in [1.165, 1.54) is 18.7 Å². The van der Waals surface area contributed by atoms with Crippen molar-refractivity contribution in [2.75, 3.05) is 45.9 Å². The van der Waals surface area contributed by atoms with Crippen molar-refractivity contribution in [1.82, 2.24) is 58.1 Å². The number of aliphatic imine (C=N–C) groups is 1. The van der Waals surface area contributed by atoms with Crippen LogP contribution in [0, 0.1) is 17.8 Å². The predicted molar refractivity (Wildman–Crippen MR) is 277 cm³/mol. The molecule has 0 aromatic rings. The quantitative estimate of drug-likeness (QED) is 0.0162. The van der Waals surface area contributed by atoms with Gasteiger partial charge in [0.05, 0.1) is 32.8 Å². The number of carboxylic acid groups (broad SMARTS) is 1. The lowest BCUT2D eigenvalue weighted by atomic mass is 9.96. The van der Waals surface area contributed by atoms with Gasteiger partial charge in [0, 0.05) is 13.1 Å². The van der Waals surface area contributed by atoms with Gasteiger partial charge in [-0.1, -0.05) is 48.0 Å². The summed E-state index contributed by atoms with van der Waals surface area (Å²) in [6.45, 7) is 9.80. The smallest absolute Gasteiger partial charge is 0.325 e. The number of hydrogen-bond donors (Lipinski definition) is 16. The average molecular weight is 1100 g/mol. The van der Waals surface area contributed by atoms with Crippen molar-refractivity contribution in [2.24, 2.45) is 39.9 Å². The number of aliphatic carboxylic acids is 1. The summed E-state index contributed by atoms with van der Waals surface area (Å²) in [7, 11) is 0. The number of amides is 11. The molecule has 10 unspecified atom stereocenters. The molecule has 1 heterocycles. The number of aliphatic hydroxyl groups excluding tert-OH is 2. The van der Waals surface area contributed by atoms with Crippen LogP contribution in [0.5, 0.6) is 0 Å². The highest BCUT2D eigenvalue weighted by Crippen LogP contribution is 2.22. The van der Waals surface area contributed by atoms with Crippen LogP contribution in [0.3, 0.4) is 0 Å². The van der Waals surface area contributed by atoms with Crippen molar-refractivity contribution in [1.29, 1.82) is 0 Å². The third kappa shape index (κ3) is 24.6. The molecule has 0 aromatic carbocycles. The Morgan fingerprint density at radius 2 is 1.08 bits per heavy atom. The average Bonchev–Trinajstić information content (AvgIpc) is 3.87. The van der Waals surface area contributed by atoms with E-state index in [-0.39, 0.29) is 69.5 Å². The van der Waals surface area contributed by atoms with E-state index < -0.39 is 158 Å². The second-order valence-corrected chi connectivity index (χ2v) is 19.6. The van der Waals surface area contributed by atoms with Crippen molar-refractivity contribution in [3.8, 4) is 0 Å². The molecule has 30 nitrogen and oxygen atoms in total. The maximum absolute atomic E-state index is 14.2. The highest BCUT2D eigenvalue weighted by Gasteiger charge is 2.41. The monoisotopic (exact) mass is 1100 g/mol. The van der Waals surface area contributed by atoms with Crippen LogP contribution >= 0.6 is 0 Å². The van der Waals surface area contributed by atoms with Crippen molar-refractivity contribution >= 4 is 76.9 Å². The van der Waals surface area contributed by atoms with Crippen LogP contribution in [-0.2, 0) is 57.5 Å². The van der Waals surface area contributed by atoms with Gasteiger partial charge in [-0.05, 0) is 70.1 Å². The Morgan fingerprint density at radius 3 is 1.60 bits per heavy atom. The number of carboxylic acids is 1. The Balaban J connectivity index is 3.29. The van der Waals surface area contributed by atoms with Gasteiger partial charge in [-0.2, -0.15) is 0 Å². The van der Waals surface area contributed by atoms with Gasteiger partial charge in [0.2, 0.25) is 65.0 Å². The van der Waals surface area contributed by atoms with Crippen LogP contribution in [0.25, 0.3) is 0 Å². The zero-order valence-electron chi connectivity index (χ0n) is 45.2. The van der Waals surface area contributed by atoms with Crippen LogP contribution in [0.2, 0.25) is 0 Å². The second kappa shape index (κ2) is 34.5. The second-order valence-electron chi connectivity index (χ2n) is 19.6. The van der Waals surface area contributed by atoms with Crippen LogP contribution < -0.4 is 70.4 Å². The molecule has 77 heavy (non-hydrogen) atoms. The highest BCUT2D eigenvalue weighted by atomic mass is 16.4. The van der Waals surface area contributed by atoms with E-state index in [0.717, 1.165) is 0 Å². The van der Waals surface area contributed by atoms with Gasteiger partial charge in [-0.15, -0.1) is 0 Å². The summed E-state index contributed by atoms with van der Waals surface area (Å²) in [6, 6.07) is -12.2. The first-order chi connectivity index (χ1) is 36.1. The van der Waals surface area contributed by atoms with Gasteiger partial charge in [0.1, 0.15) is 54.4 Å². The molecule has 30 heteroatoms. The van der Waals surface area contributed by atoms with Crippen molar-refractivity contribution in [3.63, 3.8) is 0 Å². The third-order valence-corrected chi connectivity index (χ3v) is 12.1. The summed E-state index contributed by atoms with van der Waals surface area (Å²) in [5, 5.41) is 53.7. The summed E-state index contributed by atoms with van der Waals surface area (Å²) >= 11 is 0. The van der Waals surface area contributed by atoms with E-state index in [2.05, 4.69) is 58.2 Å². The van der Waals surface area contributed by atoms with Crippen molar-refractivity contribution in [3.05, 3.63) is 0 Å². The molecule has 11 amide bonds. The fourth-order valence-electron chi connectivity index (χ4n) is 7.59. The lowest BCUT2D eigenvalue weighted by Crippen LogP contribution is -2.61. The van der Waals surface area contributed by atoms with E-state index in [9.17, 15) is 72.9 Å². The fourth-order valence-corrected chi connectivity index (χ4v) is 7.59. The number of carbonyl (C=O) groups is 12. The lowest BCUT2D eigenvalue weighted by molar-refractivity contribution is -0.145. The summed E-state index contributed by atoms with van der Waals surface area (Å²) in [6.07, 6.45) is 1.05. The van der Waals surface area contributed by atoms with E-state index in [1.54, 1.807) is 41.5 Å². The molecule has 1 aliphatic heterocycles. The Bertz CT molecular complexity index is 2090. The maximum atomic E-state index is 14.2. The van der Waals surface area contributed by atoms with Gasteiger partial charge in [-0.3, -0.25) is 62.5 Å². The van der Waals surface area contributed by atoms with Gasteiger partial charge in [0.25, 0.3) is 0 Å². The topological polar surface area (TPSA) is 479 Å². The molecule has 0 radical (unpaired) electrons. The van der Waals surface area contributed by atoms with Crippen LogP contribution in [0.1, 0.15) is 100 Å². The van der Waals surface area contributed by atoms with E-state index in [0.29, 0.717) is 12.8 Å². The number of likely N-dealkylation sites (tertiary alicyclic amines) is 1. The maximum Gasteiger partial charge on any atom is 0.325 e. The summed E-state index contributed by atoms with van der Waals surface area (Å²) in [5.74, 6) is -11.5. The highest BCUT2D eigenvalue weighted by molar-refractivity contribution is 5.99. The lowest BCUT2D eigenvalue weighted by Gasteiger charge is -2.32. The number of carbonyl (C=O) groups excluding carboxylic acids is 11. The van der Waals surface area contributed by atoms with E-state index in [1.807, 2.05) is 0 Å². The normalized spacial score (nSPS) is 16.5. The number of nitrogens with two attached hydrogens (primary N) is 3. The molecule has 1 fully saturated rings. The Labute approximate surface area is 447 Å². The molecule has 0 bridgehead atoms. The molecular formula is C47H83N15O15. The molecule has 1 rings (SSSR count). The number of nitrogens with one attached hydrogen (secondary N) is 10. The number of aliphatic hydroxyl groups is 2.